The molecule has 2 amide bonds. The highest BCUT2D eigenvalue weighted by atomic mass is 16.5. The average Bonchev–Trinajstić information content (AvgIpc) is 2.69. The highest BCUT2D eigenvalue weighted by Gasteiger charge is 2.31. The van der Waals surface area contributed by atoms with Crippen LogP contribution in [-0.2, 0) is 19.7 Å². The van der Waals surface area contributed by atoms with Crippen molar-refractivity contribution in [1.29, 1.82) is 0 Å². The summed E-state index contributed by atoms with van der Waals surface area (Å²) in [5.41, 5.74) is 1.61. The number of nitrogens with zero attached hydrogens (tertiary/aromatic N) is 1. The maximum absolute atomic E-state index is 12.7. The minimum atomic E-state index is -0.821. The van der Waals surface area contributed by atoms with Crippen molar-refractivity contribution in [3.63, 3.8) is 0 Å². The Morgan fingerprint density at radius 3 is 2.10 bits per heavy atom. The van der Waals surface area contributed by atoms with Crippen LogP contribution in [0.25, 0.3) is 0 Å². The molecule has 1 heterocycles. The Bertz CT molecular complexity index is 770. The fraction of sp³-hybridized carbons (Fsp3) is 0.640. The molecular weight excluding hydrogens is 392 g/mol. The zero-order valence-corrected chi connectivity index (χ0v) is 20.0. The van der Waals surface area contributed by atoms with Crippen LogP contribution in [0.4, 0.5) is 0 Å². The Balaban J connectivity index is 1.99. The highest BCUT2D eigenvalue weighted by Crippen LogP contribution is 2.23. The van der Waals surface area contributed by atoms with E-state index >= 15 is 0 Å². The lowest BCUT2D eigenvalue weighted by atomic mass is 9.86. The van der Waals surface area contributed by atoms with E-state index in [0.717, 1.165) is 24.8 Å². The second-order valence-electron chi connectivity index (χ2n) is 10.1. The molecule has 1 fully saturated rings. The first kappa shape index (κ1) is 24.9. The minimum Gasteiger partial charge on any atom is -0.454 e. The number of hydrogen-bond acceptors (Lipinski definition) is 4. The Hall–Kier alpha value is -2.37. The molecule has 1 aliphatic rings. The lowest BCUT2D eigenvalue weighted by molar-refractivity contribution is -0.157. The molecule has 0 radical (unpaired) electrons. The summed E-state index contributed by atoms with van der Waals surface area (Å²) < 4.78 is 5.33. The Kier molecular flexibility index (Phi) is 8.27. The number of esters is 1. The van der Waals surface area contributed by atoms with E-state index < -0.39 is 12.0 Å². The van der Waals surface area contributed by atoms with Gasteiger partial charge in [0, 0.05) is 17.6 Å². The van der Waals surface area contributed by atoms with Crippen molar-refractivity contribution >= 4 is 17.8 Å². The second-order valence-corrected chi connectivity index (χ2v) is 10.1. The molecule has 6 heteroatoms. The molecule has 31 heavy (non-hydrogen) atoms. The summed E-state index contributed by atoms with van der Waals surface area (Å²) >= 11 is 0. The van der Waals surface area contributed by atoms with E-state index in [1.807, 2.05) is 44.7 Å². The van der Waals surface area contributed by atoms with E-state index in [1.54, 1.807) is 12.1 Å². The normalized spacial score (nSPS) is 20.3. The third-order valence-corrected chi connectivity index (χ3v) is 6.04. The van der Waals surface area contributed by atoms with Crippen LogP contribution in [0, 0.1) is 5.92 Å². The van der Waals surface area contributed by atoms with Crippen LogP contribution in [0.3, 0.4) is 0 Å². The number of likely N-dealkylation sites (tertiary alicyclic amines) is 1. The molecule has 0 bridgehead atoms. The first-order chi connectivity index (χ1) is 14.4. The van der Waals surface area contributed by atoms with Crippen molar-refractivity contribution in [2.45, 2.75) is 91.3 Å². The summed E-state index contributed by atoms with van der Waals surface area (Å²) in [6, 6.07) is 6.86. The molecule has 6 nitrogen and oxygen atoms in total. The van der Waals surface area contributed by atoms with Crippen LogP contribution >= 0.6 is 0 Å². The molecule has 0 aliphatic carbocycles. The van der Waals surface area contributed by atoms with Gasteiger partial charge in [-0.15, -0.1) is 0 Å². The van der Waals surface area contributed by atoms with Crippen LogP contribution in [-0.4, -0.2) is 47.4 Å². The molecule has 1 aromatic carbocycles. The Labute approximate surface area is 186 Å². The minimum absolute atomic E-state index is 0.00479. The van der Waals surface area contributed by atoms with Gasteiger partial charge in [0.25, 0.3) is 11.8 Å². The molecule has 3 atom stereocenters. The summed E-state index contributed by atoms with van der Waals surface area (Å²) in [6.45, 7) is 13.8. The number of benzene rings is 1. The number of piperidine rings is 1. The number of amides is 2. The average molecular weight is 431 g/mol. The van der Waals surface area contributed by atoms with E-state index in [4.69, 9.17) is 4.74 Å². The van der Waals surface area contributed by atoms with E-state index in [1.165, 1.54) is 0 Å². The van der Waals surface area contributed by atoms with Gasteiger partial charge < -0.3 is 15.0 Å². The zero-order valence-electron chi connectivity index (χ0n) is 20.0. The Morgan fingerprint density at radius 2 is 1.61 bits per heavy atom. The predicted molar refractivity (Wildman–Crippen MR) is 122 cm³/mol. The lowest BCUT2D eigenvalue weighted by Crippen LogP contribution is -2.50. The summed E-state index contributed by atoms with van der Waals surface area (Å²) in [6.07, 6.45) is 3.02. The summed E-state index contributed by atoms with van der Waals surface area (Å²) in [7, 11) is 0. The lowest BCUT2D eigenvalue weighted by Gasteiger charge is -2.39. The van der Waals surface area contributed by atoms with Gasteiger partial charge in [0.1, 0.15) is 6.04 Å². The first-order valence-corrected chi connectivity index (χ1v) is 11.3. The smallest absolute Gasteiger partial charge is 0.329 e. The largest absolute Gasteiger partial charge is 0.454 e. The maximum atomic E-state index is 12.7. The fourth-order valence-electron chi connectivity index (χ4n) is 4.05. The molecule has 0 aromatic heterocycles. The van der Waals surface area contributed by atoms with Crippen LogP contribution in [0.5, 0.6) is 0 Å². The predicted octanol–water partition coefficient (Wildman–Crippen LogP) is 4.07. The van der Waals surface area contributed by atoms with Crippen LogP contribution in [0.2, 0.25) is 0 Å². The first-order valence-electron chi connectivity index (χ1n) is 11.3. The molecule has 1 aromatic rings. The van der Waals surface area contributed by atoms with Crippen molar-refractivity contribution in [3.05, 3.63) is 35.4 Å². The molecular formula is C25H38N2O4. The van der Waals surface area contributed by atoms with E-state index in [-0.39, 0.29) is 41.8 Å². The maximum Gasteiger partial charge on any atom is 0.329 e. The van der Waals surface area contributed by atoms with Gasteiger partial charge in [-0.25, -0.2) is 4.79 Å². The van der Waals surface area contributed by atoms with Crippen molar-refractivity contribution < 1.29 is 19.1 Å². The fourth-order valence-corrected chi connectivity index (χ4v) is 4.05. The Morgan fingerprint density at radius 1 is 1.06 bits per heavy atom. The molecule has 172 valence electrons. The van der Waals surface area contributed by atoms with Crippen molar-refractivity contribution in [3.8, 4) is 0 Å². The van der Waals surface area contributed by atoms with Crippen molar-refractivity contribution in [2.24, 2.45) is 5.92 Å². The molecule has 1 aliphatic heterocycles. The van der Waals surface area contributed by atoms with Crippen molar-refractivity contribution in [2.75, 3.05) is 6.61 Å². The third-order valence-electron chi connectivity index (χ3n) is 6.04. The molecule has 0 unspecified atom stereocenters. The molecule has 0 spiro atoms. The van der Waals surface area contributed by atoms with E-state index in [2.05, 4.69) is 26.1 Å². The van der Waals surface area contributed by atoms with Crippen LogP contribution < -0.4 is 5.32 Å². The van der Waals surface area contributed by atoms with Gasteiger partial charge >= 0.3 is 5.97 Å². The third kappa shape index (κ3) is 6.55. The number of rotatable bonds is 6. The standard InChI is InChI=1S/C25H38N2O4/c1-16(2)22(26-23(29)19-11-13-20(14-12-19)25(5,6)7)24(30)31-15-21(28)27-17(3)9-8-10-18(27)4/h11-14,16-18,22H,8-10,15H2,1-7H3,(H,26,29)/t17-,18-,22+/m1/s1. The van der Waals surface area contributed by atoms with E-state index in [0.29, 0.717) is 5.56 Å². The van der Waals surface area contributed by atoms with Crippen LogP contribution in [0.15, 0.2) is 24.3 Å². The SMILES string of the molecule is CC(C)[C@H](NC(=O)c1ccc(C(C)(C)C)cc1)C(=O)OCC(=O)N1[C@H](C)CCC[C@H]1C. The number of hydrogen-bond donors (Lipinski definition) is 1. The number of carbonyl (C=O) groups is 3. The van der Waals surface area contributed by atoms with Gasteiger partial charge in [-0.1, -0.05) is 46.8 Å². The topological polar surface area (TPSA) is 75.7 Å². The quantitative estimate of drug-likeness (QED) is 0.690. The van der Waals surface area contributed by atoms with Crippen molar-refractivity contribution in [1.82, 2.24) is 10.2 Å². The summed E-state index contributed by atoms with van der Waals surface area (Å²) in [5.74, 6) is -1.27. The highest BCUT2D eigenvalue weighted by molar-refractivity contribution is 5.97. The van der Waals surface area contributed by atoms with Gasteiger partial charge in [0.2, 0.25) is 0 Å². The number of carbonyl (C=O) groups excluding carboxylic acids is 3. The van der Waals surface area contributed by atoms with Gasteiger partial charge in [-0.2, -0.15) is 0 Å². The molecule has 1 saturated heterocycles. The van der Waals surface area contributed by atoms with Gasteiger partial charge in [-0.3, -0.25) is 9.59 Å². The second kappa shape index (κ2) is 10.3. The monoisotopic (exact) mass is 430 g/mol. The molecule has 0 saturated carbocycles. The van der Waals surface area contributed by atoms with Gasteiger partial charge in [0.05, 0.1) is 0 Å². The summed E-state index contributed by atoms with van der Waals surface area (Å²) in [4.78, 5) is 39.8. The number of ether oxygens (including phenoxy) is 1. The molecule has 1 N–H and O–H groups in total. The van der Waals surface area contributed by atoms with Crippen LogP contribution in [0.1, 0.15) is 83.7 Å². The van der Waals surface area contributed by atoms with E-state index in [9.17, 15) is 14.4 Å². The summed E-state index contributed by atoms with van der Waals surface area (Å²) in [5, 5.41) is 2.77. The van der Waals surface area contributed by atoms with Gasteiger partial charge in [-0.05, 0) is 62.1 Å². The molecule has 2 rings (SSSR count). The number of nitrogens with one attached hydrogen (secondary N) is 1. The van der Waals surface area contributed by atoms with Gasteiger partial charge in [0.15, 0.2) is 6.61 Å². The zero-order chi connectivity index (χ0) is 23.3.